The lowest BCUT2D eigenvalue weighted by atomic mass is 9.99. The molecule has 2 atom stereocenters. The zero-order valence-corrected chi connectivity index (χ0v) is 20.3. The van der Waals surface area contributed by atoms with Crippen molar-refractivity contribution in [1.82, 2.24) is 5.32 Å². The van der Waals surface area contributed by atoms with Crippen LogP contribution in [0.5, 0.6) is 5.75 Å². The van der Waals surface area contributed by atoms with Gasteiger partial charge in [-0.2, -0.15) is 0 Å². The monoisotopic (exact) mass is 466 g/mol. The minimum Gasteiger partial charge on any atom is -0.485 e. The third kappa shape index (κ3) is 4.73. The number of rotatable bonds is 6. The molecule has 1 aliphatic rings. The summed E-state index contributed by atoms with van der Waals surface area (Å²) in [6, 6.07) is 29.0. The highest BCUT2D eigenvalue weighted by Gasteiger charge is 2.27. The van der Waals surface area contributed by atoms with Crippen molar-refractivity contribution in [3.63, 3.8) is 0 Å². The van der Waals surface area contributed by atoms with E-state index in [1.165, 1.54) is 23.4 Å². The molecule has 5 nitrogen and oxygen atoms in total. The minimum absolute atomic E-state index is 0.0654. The average molecular weight is 467 g/mol. The molecule has 0 spiro atoms. The zero-order valence-electron chi connectivity index (χ0n) is 20.3. The second-order valence-electron chi connectivity index (χ2n) is 9.07. The van der Waals surface area contributed by atoms with Crippen LogP contribution in [0.2, 0.25) is 0 Å². The summed E-state index contributed by atoms with van der Waals surface area (Å²) < 4.78 is 11.4. The molecule has 35 heavy (non-hydrogen) atoms. The maximum absolute atomic E-state index is 12.2. The molecule has 178 valence electrons. The Balaban J connectivity index is 1.39. The largest absolute Gasteiger partial charge is 0.485 e. The fraction of sp³-hybridized carbons (Fsp3) is 0.233. The molecule has 0 aromatic heterocycles. The highest BCUT2D eigenvalue weighted by Crippen LogP contribution is 2.38. The SMILES string of the molecule is COC(=O)c1cc(C)cc(N2C[C@@H](CN[C@H](C)c3cccc4ccccc34)Oc3ccccc32)c1. The van der Waals surface area contributed by atoms with Crippen molar-refractivity contribution in [3.05, 3.63) is 102 Å². The number of anilines is 2. The molecule has 0 bridgehead atoms. The van der Waals surface area contributed by atoms with E-state index in [-0.39, 0.29) is 18.1 Å². The van der Waals surface area contributed by atoms with E-state index in [2.05, 4.69) is 71.7 Å². The average Bonchev–Trinajstić information content (AvgIpc) is 2.90. The fourth-order valence-electron chi connectivity index (χ4n) is 4.85. The molecule has 4 aromatic rings. The lowest BCUT2D eigenvalue weighted by Gasteiger charge is -2.37. The van der Waals surface area contributed by atoms with Crippen LogP contribution in [0, 0.1) is 6.92 Å². The number of nitrogens with zero attached hydrogens (tertiary/aromatic N) is 1. The summed E-state index contributed by atoms with van der Waals surface area (Å²) in [6.45, 7) is 5.54. The molecule has 0 fully saturated rings. The van der Waals surface area contributed by atoms with E-state index in [0.29, 0.717) is 18.7 Å². The van der Waals surface area contributed by atoms with Crippen molar-refractivity contribution in [2.45, 2.75) is 26.0 Å². The molecular formula is C30H30N2O3. The van der Waals surface area contributed by atoms with Crippen molar-refractivity contribution in [1.29, 1.82) is 0 Å². The molecule has 0 saturated heterocycles. The quantitative estimate of drug-likeness (QED) is 0.344. The molecule has 1 N–H and O–H groups in total. The van der Waals surface area contributed by atoms with Crippen molar-refractivity contribution < 1.29 is 14.3 Å². The highest BCUT2D eigenvalue weighted by molar-refractivity contribution is 5.91. The molecule has 5 heteroatoms. The van der Waals surface area contributed by atoms with E-state index in [1.807, 2.05) is 37.3 Å². The first kappa shape index (κ1) is 22.9. The molecule has 0 radical (unpaired) electrons. The number of hydrogen-bond donors (Lipinski definition) is 1. The number of carbonyl (C=O) groups is 1. The lowest BCUT2D eigenvalue weighted by molar-refractivity contribution is 0.0600. The molecule has 0 amide bonds. The van der Waals surface area contributed by atoms with E-state index < -0.39 is 0 Å². The van der Waals surface area contributed by atoms with Crippen molar-refractivity contribution in [2.24, 2.45) is 0 Å². The van der Waals surface area contributed by atoms with E-state index >= 15 is 0 Å². The summed E-state index contributed by atoms with van der Waals surface area (Å²) in [7, 11) is 1.41. The van der Waals surface area contributed by atoms with Crippen LogP contribution in [0.15, 0.2) is 84.9 Å². The van der Waals surface area contributed by atoms with E-state index in [0.717, 1.165) is 22.7 Å². The predicted octanol–water partition coefficient (Wildman–Crippen LogP) is 6.18. The number of methoxy groups -OCH3 is 1. The summed E-state index contributed by atoms with van der Waals surface area (Å²) in [5, 5.41) is 6.20. The second kappa shape index (κ2) is 9.80. The van der Waals surface area contributed by atoms with E-state index in [4.69, 9.17) is 9.47 Å². The molecular weight excluding hydrogens is 436 g/mol. The zero-order chi connectivity index (χ0) is 24.4. The maximum atomic E-state index is 12.2. The molecule has 1 heterocycles. The van der Waals surface area contributed by atoms with Gasteiger partial charge in [-0.3, -0.25) is 0 Å². The topological polar surface area (TPSA) is 50.8 Å². The van der Waals surface area contributed by atoms with Crippen LogP contribution < -0.4 is 15.0 Å². The van der Waals surface area contributed by atoms with Gasteiger partial charge in [0.25, 0.3) is 0 Å². The number of ether oxygens (including phenoxy) is 2. The maximum Gasteiger partial charge on any atom is 0.337 e. The number of hydrogen-bond acceptors (Lipinski definition) is 5. The number of nitrogens with one attached hydrogen (secondary N) is 1. The minimum atomic E-state index is -0.335. The first-order valence-corrected chi connectivity index (χ1v) is 12.0. The summed E-state index contributed by atoms with van der Waals surface area (Å²) in [4.78, 5) is 14.5. The van der Waals surface area contributed by atoms with Crippen LogP contribution in [0.3, 0.4) is 0 Å². The Labute approximate surface area is 206 Å². The van der Waals surface area contributed by atoms with Gasteiger partial charge in [0, 0.05) is 18.3 Å². The number of aryl methyl sites for hydroxylation is 1. The first-order chi connectivity index (χ1) is 17.0. The lowest BCUT2D eigenvalue weighted by Crippen LogP contribution is -2.44. The fourth-order valence-corrected chi connectivity index (χ4v) is 4.85. The van der Waals surface area contributed by atoms with Crippen molar-refractivity contribution in [2.75, 3.05) is 25.1 Å². The van der Waals surface area contributed by atoms with Crippen LogP contribution in [0.25, 0.3) is 10.8 Å². The van der Waals surface area contributed by atoms with Crippen LogP contribution >= 0.6 is 0 Å². The standard InChI is InChI=1S/C30H30N2O3/c1-20-15-23(30(33)34-3)17-24(16-20)32-19-25(35-29-14-7-6-13-28(29)32)18-31-21(2)26-12-8-10-22-9-4-5-11-27(22)26/h4-17,21,25,31H,18-19H2,1-3H3/t21-,25-/m1/s1. The number of fused-ring (bicyclic) bond motifs is 2. The summed E-state index contributed by atoms with van der Waals surface area (Å²) in [5.41, 5.74) is 4.77. The summed E-state index contributed by atoms with van der Waals surface area (Å²) >= 11 is 0. The molecule has 4 aromatic carbocycles. The Hall–Kier alpha value is -3.83. The Morgan fingerprint density at radius 2 is 1.83 bits per heavy atom. The van der Waals surface area contributed by atoms with Gasteiger partial charge >= 0.3 is 5.97 Å². The Morgan fingerprint density at radius 1 is 1.06 bits per heavy atom. The first-order valence-electron chi connectivity index (χ1n) is 12.0. The van der Waals surface area contributed by atoms with Crippen LogP contribution in [0.1, 0.15) is 34.5 Å². The van der Waals surface area contributed by atoms with Gasteiger partial charge in [-0.05, 0) is 66.1 Å². The highest BCUT2D eigenvalue weighted by atomic mass is 16.5. The predicted molar refractivity (Wildman–Crippen MR) is 141 cm³/mol. The normalized spacial score (nSPS) is 15.9. The van der Waals surface area contributed by atoms with Gasteiger partial charge in [-0.25, -0.2) is 4.79 Å². The summed E-state index contributed by atoms with van der Waals surface area (Å²) in [6.07, 6.45) is -0.0654. The smallest absolute Gasteiger partial charge is 0.337 e. The van der Waals surface area contributed by atoms with Crippen molar-refractivity contribution in [3.8, 4) is 5.75 Å². The Kier molecular flexibility index (Phi) is 6.43. The molecule has 5 rings (SSSR count). The second-order valence-corrected chi connectivity index (χ2v) is 9.07. The summed E-state index contributed by atoms with van der Waals surface area (Å²) in [5.74, 6) is 0.503. The van der Waals surface area contributed by atoms with Crippen LogP contribution in [-0.2, 0) is 4.74 Å². The van der Waals surface area contributed by atoms with E-state index in [1.54, 1.807) is 0 Å². The molecule has 1 aliphatic heterocycles. The molecule has 0 saturated carbocycles. The van der Waals surface area contributed by atoms with Gasteiger partial charge in [0.2, 0.25) is 0 Å². The molecule has 0 unspecified atom stereocenters. The van der Waals surface area contributed by atoms with Gasteiger partial charge in [0.05, 0.1) is 24.9 Å². The molecule has 0 aliphatic carbocycles. The van der Waals surface area contributed by atoms with Crippen LogP contribution in [0.4, 0.5) is 11.4 Å². The number of para-hydroxylation sites is 2. The number of carbonyl (C=O) groups excluding carboxylic acids is 1. The third-order valence-electron chi connectivity index (χ3n) is 6.57. The van der Waals surface area contributed by atoms with Gasteiger partial charge < -0.3 is 19.7 Å². The van der Waals surface area contributed by atoms with Gasteiger partial charge in [-0.1, -0.05) is 54.6 Å². The van der Waals surface area contributed by atoms with Gasteiger partial charge in [0.1, 0.15) is 11.9 Å². The van der Waals surface area contributed by atoms with Crippen molar-refractivity contribution >= 4 is 28.1 Å². The number of esters is 1. The Morgan fingerprint density at radius 3 is 2.69 bits per heavy atom. The third-order valence-corrected chi connectivity index (χ3v) is 6.57. The Bertz CT molecular complexity index is 1360. The number of benzene rings is 4. The van der Waals surface area contributed by atoms with E-state index in [9.17, 15) is 4.79 Å². The van der Waals surface area contributed by atoms with Gasteiger partial charge in [0.15, 0.2) is 0 Å². The van der Waals surface area contributed by atoms with Crippen LogP contribution in [-0.4, -0.2) is 32.3 Å². The van der Waals surface area contributed by atoms with Gasteiger partial charge in [-0.15, -0.1) is 0 Å².